The largest absolute Gasteiger partial charge is 0.481 e. The Labute approximate surface area is 118 Å². The van der Waals surface area contributed by atoms with Crippen molar-refractivity contribution in [1.82, 2.24) is 5.32 Å². The lowest BCUT2D eigenvalue weighted by atomic mass is 9.93. The minimum absolute atomic E-state index is 0.355. The molecule has 1 aromatic rings. The summed E-state index contributed by atoms with van der Waals surface area (Å²) < 4.78 is 5.37. The summed E-state index contributed by atoms with van der Waals surface area (Å²) in [5.74, 6) is -1.97. The van der Waals surface area contributed by atoms with Gasteiger partial charge in [-0.15, -0.1) is 0 Å². The molecule has 0 aliphatic heterocycles. The van der Waals surface area contributed by atoms with E-state index >= 15 is 0 Å². The van der Waals surface area contributed by atoms with E-state index in [1.165, 1.54) is 7.11 Å². The van der Waals surface area contributed by atoms with Crippen molar-refractivity contribution in [3.8, 4) is 0 Å². The molecule has 0 bridgehead atoms. The third-order valence-corrected chi connectivity index (χ3v) is 3.66. The molecular weight excluding hydrogens is 258 g/mol. The van der Waals surface area contributed by atoms with Crippen LogP contribution in [0, 0.1) is 5.92 Å². The molecule has 3 atom stereocenters. The quantitative estimate of drug-likeness (QED) is 0.832. The molecular formula is C15H21NO4. The Morgan fingerprint density at radius 2 is 1.80 bits per heavy atom. The average Bonchev–Trinajstić information content (AvgIpc) is 2.46. The van der Waals surface area contributed by atoms with E-state index in [0.717, 1.165) is 5.56 Å². The van der Waals surface area contributed by atoms with Crippen LogP contribution in [0.5, 0.6) is 0 Å². The summed E-state index contributed by atoms with van der Waals surface area (Å²) in [6, 6.07) is 8.61. The molecule has 1 amide bonds. The highest BCUT2D eigenvalue weighted by atomic mass is 16.5. The molecule has 110 valence electrons. The molecule has 5 heteroatoms. The number of carbonyl (C=O) groups is 2. The Morgan fingerprint density at radius 1 is 1.25 bits per heavy atom. The van der Waals surface area contributed by atoms with Gasteiger partial charge in [0, 0.05) is 13.2 Å². The molecule has 5 nitrogen and oxygen atoms in total. The Morgan fingerprint density at radius 3 is 2.25 bits per heavy atom. The second kappa shape index (κ2) is 6.52. The summed E-state index contributed by atoms with van der Waals surface area (Å²) in [6.45, 7) is 4.88. The van der Waals surface area contributed by atoms with Crippen molar-refractivity contribution in [3.63, 3.8) is 0 Å². The maximum atomic E-state index is 12.4. The first-order chi connectivity index (χ1) is 9.32. The van der Waals surface area contributed by atoms with E-state index in [9.17, 15) is 9.59 Å². The number of carboxylic acids is 1. The number of benzene rings is 1. The fourth-order valence-electron chi connectivity index (χ4n) is 1.78. The zero-order valence-electron chi connectivity index (χ0n) is 12.2. The van der Waals surface area contributed by atoms with Crippen molar-refractivity contribution < 1.29 is 19.4 Å². The lowest BCUT2D eigenvalue weighted by Gasteiger charge is -2.30. The van der Waals surface area contributed by atoms with E-state index in [2.05, 4.69) is 5.32 Å². The van der Waals surface area contributed by atoms with E-state index in [1.807, 2.05) is 18.2 Å². The maximum absolute atomic E-state index is 12.4. The Kier molecular flexibility index (Phi) is 5.27. The first-order valence-corrected chi connectivity index (χ1v) is 6.47. The van der Waals surface area contributed by atoms with Gasteiger partial charge in [0.05, 0.1) is 5.92 Å². The highest BCUT2D eigenvalue weighted by Gasteiger charge is 2.36. The highest BCUT2D eigenvalue weighted by Crippen LogP contribution is 2.25. The molecule has 0 aliphatic carbocycles. The van der Waals surface area contributed by atoms with Gasteiger partial charge in [-0.3, -0.25) is 9.59 Å². The SMILES string of the molecule is COC(C)(C(=O)NC(C)C(C)C(=O)O)c1ccccc1. The fraction of sp³-hybridized carbons (Fsp3) is 0.467. The predicted octanol–water partition coefficient (Wildman–Crippen LogP) is 1.77. The molecule has 3 unspecified atom stereocenters. The normalized spacial score (nSPS) is 16.8. The van der Waals surface area contributed by atoms with E-state index in [1.54, 1.807) is 32.9 Å². The van der Waals surface area contributed by atoms with Crippen LogP contribution >= 0.6 is 0 Å². The van der Waals surface area contributed by atoms with Gasteiger partial charge in [0.25, 0.3) is 5.91 Å². The maximum Gasteiger partial charge on any atom is 0.308 e. The van der Waals surface area contributed by atoms with Crippen molar-refractivity contribution in [2.75, 3.05) is 7.11 Å². The summed E-state index contributed by atoms with van der Waals surface area (Å²) in [6.07, 6.45) is 0. The van der Waals surface area contributed by atoms with E-state index in [4.69, 9.17) is 9.84 Å². The molecule has 20 heavy (non-hydrogen) atoms. The number of methoxy groups -OCH3 is 1. The van der Waals surface area contributed by atoms with E-state index in [0.29, 0.717) is 0 Å². The summed E-state index contributed by atoms with van der Waals surface area (Å²) in [5.41, 5.74) is -0.427. The summed E-state index contributed by atoms with van der Waals surface area (Å²) in [5, 5.41) is 11.7. The minimum atomic E-state index is -1.15. The van der Waals surface area contributed by atoms with Crippen LogP contribution in [0.15, 0.2) is 30.3 Å². The number of nitrogens with one attached hydrogen (secondary N) is 1. The lowest BCUT2D eigenvalue weighted by Crippen LogP contribution is -2.49. The van der Waals surface area contributed by atoms with Gasteiger partial charge < -0.3 is 15.2 Å². The van der Waals surface area contributed by atoms with Crippen LogP contribution in [-0.2, 0) is 19.9 Å². The van der Waals surface area contributed by atoms with Crippen LogP contribution in [0.3, 0.4) is 0 Å². The van der Waals surface area contributed by atoms with Gasteiger partial charge in [0.1, 0.15) is 0 Å². The molecule has 0 saturated carbocycles. The average molecular weight is 279 g/mol. The second-order valence-corrected chi connectivity index (χ2v) is 4.99. The van der Waals surface area contributed by atoms with Crippen molar-refractivity contribution in [1.29, 1.82) is 0 Å². The number of amides is 1. The molecule has 2 N–H and O–H groups in total. The second-order valence-electron chi connectivity index (χ2n) is 4.99. The number of carboxylic acid groups (broad SMARTS) is 1. The zero-order valence-corrected chi connectivity index (χ0v) is 12.2. The van der Waals surface area contributed by atoms with Crippen LogP contribution < -0.4 is 5.32 Å². The van der Waals surface area contributed by atoms with Crippen molar-refractivity contribution in [3.05, 3.63) is 35.9 Å². The van der Waals surface area contributed by atoms with Crippen molar-refractivity contribution >= 4 is 11.9 Å². The summed E-state index contributed by atoms with van der Waals surface area (Å²) >= 11 is 0. The number of carbonyl (C=O) groups excluding carboxylic acids is 1. The van der Waals surface area contributed by atoms with Crippen LogP contribution in [0.1, 0.15) is 26.3 Å². The Balaban J connectivity index is 2.90. The van der Waals surface area contributed by atoms with Gasteiger partial charge in [-0.2, -0.15) is 0 Å². The molecule has 1 aromatic carbocycles. The minimum Gasteiger partial charge on any atom is -0.481 e. The van der Waals surface area contributed by atoms with Gasteiger partial charge in [0.2, 0.25) is 0 Å². The smallest absolute Gasteiger partial charge is 0.308 e. The fourth-order valence-corrected chi connectivity index (χ4v) is 1.78. The zero-order chi connectivity index (χ0) is 15.3. The van der Waals surface area contributed by atoms with Gasteiger partial charge >= 0.3 is 5.97 Å². The third kappa shape index (κ3) is 3.36. The first-order valence-electron chi connectivity index (χ1n) is 6.47. The van der Waals surface area contributed by atoms with Gasteiger partial charge in [0.15, 0.2) is 5.60 Å². The number of aliphatic carboxylic acids is 1. The van der Waals surface area contributed by atoms with Gasteiger partial charge in [-0.25, -0.2) is 0 Å². The topological polar surface area (TPSA) is 75.6 Å². The third-order valence-electron chi connectivity index (χ3n) is 3.66. The number of ether oxygens (including phenoxy) is 1. The van der Waals surface area contributed by atoms with Crippen LogP contribution in [0.2, 0.25) is 0 Å². The van der Waals surface area contributed by atoms with Crippen molar-refractivity contribution in [2.45, 2.75) is 32.4 Å². The van der Waals surface area contributed by atoms with E-state index < -0.39 is 23.5 Å². The number of rotatable bonds is 6. The summed E-state index contributed by atoms with van der Waals surface area (Å²) in [4.78, 5) is 23.3. The molecule has 0 aromatic heterocycles. The standard InChI is InChI=1S/C15H21NO4/c1-10(13(17)18)11(2)16-14(19)15(3,20-4)12-8-6-5-7-9-12/h5-11H,1-4H3,(H,16,19)(H,17,18). The van der Waals surface area contributed by atoms with Crippen LogP contribution in [-0.4, -0.2) is 30.1 Å². The molecule has 0 aliphatic rings. The van der Waals surface area contributed by atoms with Crippen LogP contribution in [0.25, 0.3) is 0 Å². The van der Waals surface area contributed by atoms with E-state index in [-0.39, 0.29) is 5.91 Å². The molecule has 0 radical (unpaired) electrons. The molecule has 0 fully saturated rings. The number of hydrogen-bond donors (Lipinski definition) is 2. The van der Waals surface area contributed by atoms with Crippen molar-refractivity contribution in [2.24, 2.45) is 5.92 Å². The monoisotopic (exact) mass is 279 g/mol. The molecule has 0 spiro atoms. The van der Waals surface area contributed by atoms with Crippen LogP contribution in [0.4, 0.5) is 0 Å². The molecule has 1 rings (SSSR count). The lowest BCUT2D eigenvalue weighted by molar-refractivity contribution is -0.146. The van der Waals surface area contributed by atoms with Gasteiger partial charge in [-0.05, 0) is 26.3 Å². The number of hydrogen-bond acceptors (Lipinski definition) is 3. The Bertz CT molecular complexity index is 474. The van der Waals surface area contributed by atoms with Gasteiger partial charge in [-0.1, -0.05) is 30.3 Å². The Hall–Kier alpha value is -1.88. The first kappa shape index (κ1) is 16.2. The highest BCUT2D eigenvalue weighted by molar-refractivity contribution is 5.87. The molecule has 0 saturated heterocycles. The molecule has 0 heterocycles. The predicted molar refractivity (Wildman–Crippen MR) is 75.2 cm³/mol. The summed E-state index contributed by atoms with van der Waals surface area (Å²) in [7, 11) is 1.46.